The van der Waals surface area contributed by atoms with Crippen molar-refractivity contribution in [3.63, 3.8) is 0 Å². The van der Waals surface area contributed by atoms with E-state index in [4.69, 9.17) is 0 Å². The largest absolute Gasteiger partial charge is 0.355 e. The normalized spacial score (nSPS) is 17.6. The van der Waals surface area contributed by atoms with Crippen molar-refractivity contribution in [2.75, 3.05) is 6.54 Å². The van der Waals surface area contributed by atoms with Gasteiger partial charge in [-0.3, -0.25) is 4.79 Å². The van der Waals surface area contributed by atoms with E-state index in [9.17, 15) is 4.79 Å². The molecule has 0 aliphatic carbocycles. The smallest absolute Gasteiger partial charge is 0.220 e. The van der Waals surface area contributed by atoms with Crippen molar-refractivity contribution in [2.45, 2.75) is 25.7 Å². The molecule has 3 heterocycles. The van der Waals surface area contributed by atoms with Gasteiger partial charge >= 0.3 is 0 Å². The van der Waals surface area contributed by atoms with Crippen molar-refractivity contribution in [3.8, 4) is 11.1 Å². The Balaban J connectivity index is 1.73. The molecule has 1 aromatic carbocycles. The Bertz CT molecular complexity index is 868. The van der Waals surface area contributed by atoms with Crippen molar-refractivity contribution in [3.05, 3.63) is 47.9 Å². The number of carbonyl (C=O) groups is 1. The Labute approximate surface area is 133 Å². The second-order valence-corrected chi connectivity index (χ2v) is 5.83. The molecule has 2 aromatic heterocycles. The lowest BCUT2D eigenvalue weighted by Crippen LogP contribution is -2.13. The molecule has 1 N–H and O–H groups in total. The van der Waals surface area contributed by atoms with E-state index in [0.29, 0.717) is 6.42 Å². The fourth-order valence-electron chi connectivity index (χ4n) is 3.04. The average molecular weight is 307 g/mol. The van der Waals surface area contributed by atoms with Crippen LogP contribution in [0.3, 0.4) is 0 Å². The molecule has 23 heavy (non-hydrogen) atoms. The van der Waals surface area contributed by atoms with Gasteiger partial charge in [0, 0.05) is 24.4 Å². The number of hydrogen-bond donors (Lipinski definition) is 1. The van der Waals surface area contributed by atoms with Gasteiger partial charge in [-0.1, -0.05) is 31.2 Å². The number of aryl methyl sites for hydroxylation is 1. The first-order valence-corrected chi connectivity index (χ1v) is 7.81. The van der Waals surface area contributed by atoms with Gasteiger partial charge in [-0.05, 0) is 23.6 Å². The van der Waals surface area contributed by atoms with E-state index in [0.717, 1.165) is 35.4 Å². The molecule has 0 saturated carbocycles. The summed E-state index contributed by atoms with van der Waals surface area (Å²) < 4.78 is 1.72. The zero-order valence-corrected chi connectivity index (χ0v) is 12.9. The van der Waals surface area contributed by atoms with Crippen LogP contribution in [0, 0.1) is 0 Å². The molecule has 116 valence electrons. The summed E-state index contributed by atoms with van der Waals surface area (Å²) in [5.74, 6) is 0.402. The summed E-state index contributed by atoms with van der Waals surface area (Å²) in [4.78, 5) is 11.4. The van der Waals surface area contributed by atoms with Gasteiger partial charge in [0.25, 0.3) is 0 Å². The van der Waals surface area contributed by atoms with Crippen LogP contribution in [-0.2, 0) is 11.2 Å². The van der Waals surface area contributed by atoms with E-state index in [2.05, 4.69) is 57.9 Å². The highest BCUT2D eigenvalue weighted by Gasteiger charge is 2.22. The SMILES string of the molecule is CCc1cc(-c2ccc(C3CNC(=O)C3)cc2)c2nncn2n1. The lowest BCUT2D eigenvalue weighted by atomic mass is 9.95. The van der Waals surface area contributed by atoms with Gasteiger partial charge in [-0.15, -0.1) is 10.2 Å². The molecule has 1 aliphatic heterocycles. The lowest BCUT2D eigenvalue weighted by Gasteiger charge is -2.10. The summed E-state index contributed by atoms with van der Waals surface area (Å²) >= 11 is 0. The lowest BCUT2D eigenvalue weighted by molar-refractivity contribution is -0.119. The molecule has 1 saturated heterocycles. The van der Waals surface area contributed by atoms with Crippen LogP contribution in [0.1, 0.15) is 30.5 Å². The van der Waals surface area contributed by atoms with E-state index in [1.807, 2.05) is 0 Å². The molecule has 1 atom stereocenters. The molecule has 1 fully saturated rings. The molecule has 0 radical (unpaired) electrons. The van der Waals surface area contributed by atoms with E-state index in [1.165, 1.54) is 5.56 Å². The van der Waals surface area contributed by atoms with Crippen LogP contribution in [0.5, 0.6) is 0 Å². The van der Waals surface area contributed by atoms with Gasteiger partial charge in [-0.2, -0.15) is 9.61 Å². The fourth-order valence-corrected chi connectivity index (χ4v) is 3.04. The Morgan fingerprint density at radius 1 is 1.30 bits per heavy atom. The number of nitrogens with zero attached hydrogens (tertiary/aromatic N) is 4. The van der Waals surface area contributed by atoms with Gasteiger partial charge in [0.2, 0.25) is 5.91 Å². The van der Waals surface area contributed by atoms with Crippen molar-refractivity contribution in [2.24, 2.45) is 0 Å². The molecule has 6 nitrogen and oxygen atoms in total. The second kappa shape index (κ2) is 5.46. The number of nitrogens with one attached hydrogen (secondary N) is 1. The highest BCUT2D eigenvalue weighted by molar-refractivity contribution is 5.80. The van der Waals surface area contributed by atoms with E-state index in [1.54, 1.807) is 10.8 Å². The van der Waals surface area contributed by atoms with Crippen LogP contribution >= 0.6 is 0 Å². The van der Waals surface area contributed by atoms with Crippen LogP contribution in [0.4, 0.5) is 0 Å². The van der Waals surface area contributed by atoms with Gasteiger partial charge in [0.1, 0.15) is 6.33 Å². The van der Waals surface area contributed by atoms with Crippen LogP contribution in [-0.4, -0.2) is 32.3 Å². The zero-order valence-electron chi connectivity index (χ0n) is 12.9. The van der Waals surface area contributed by atoms with Crippen molar-refractivity contribution >= 4 is 11.6 Å². The van der Waals surface area contributed by atoms with Crippen LogP contribution < -0.4 is 5.32 Å². The zero-order chi connectivity index (χ0) is 15.8. The average Bonchev–Trinajstić information content (AvgIpc) is 3.22. The summed E-state index contributed by atoms with van der Waals surface area (Å²) in [5, 5.41) is 15.5. The molecule has 0 bridgehead atoms. The highest BCUT2D eigenvalue weighted by atomic mass is 16.1. The molecule has 1 amide bonds. The predicted octanol–water partition coefficient (Wildman–Crippen LogP) is 1.96. The number of carbonyl (C=O) groups excluding carboxylic acids is 1. The van der Waals surface area contributed by atoms with E-state index >= 15 is 0 Å². The van der Waals surface area contributed by atoms with Crippen molar-refractivity contribution in [1.82, 2.24) is 25.1 Å². The minimum absolute atomic E-state index is 0.131. The first-order chi connectivity index (χ1) is 11.2. The maximum absolute atomic E-state index is 11.4. The number of amides is 1. The quantitative estimate of drug-likeness (QED) is 0.803. The summed E-state index contributed by atoms with van der Waals surface area (Å²) in [5.41, 5.74) is 5.06. The minimum atomic E-state index is 0.131. The van der Waals surface area contributed by atoms with Crippen LogP contribution in [0.15, 0.2) is 36.7 Å². The molecule has 1 unspecified atom stereocenters. The molecular weight excluding hydrogens is 290 g/mol. The van der Waals surface area contributed by atoms with Crippen molar-refractivity contribution in [1.29, 1.82) is 0 Å². The summed E-state index contributed by atoms with van der Waals surface area (Å²) in [6.45, 7) is 2.80. The highest BCUT2D eigenvalue weighted by Crippen LogP contribution is 2.28. The maximum Gasteiger partial charge on any atom is 0.220 e. The number of aromatic nitrogens is 4. The Kier molecular flexibility index (Phi) is 3.29. The second-order valence-electron chi connectivity index (χ2n) is 5.83. The topological polar surface area (TPSA) is 72.2 Å². The monoisotopic (exact) mass is 307 g/mol. The molecule has 4 rings (SSSR count). The Morgan fingerprint density at radius 3 is 2.83 bits per heavy atom. The number of rotatable bonds is 3. The number of benzene rings is 1. The van der Waals surface area contributed by atoms with Gasteiger partial charge in [0.15, 0.2) is 5.65 Å². The van der Waals surface area contributed by atoms with Gasteiger partial charge < -0.3 is 5.32 Å². The Hall–Kier alpha value is -2.76. The standard InChI is InChI=1S/C17H17N5O/c1-2-14-8-15(17-20-19-10-22(17)21-14)12-5-3-11(4-6-12)13-7-16(23)18-9-13/h3-6,8,10,13H,2,7,9H2,1H3,(H,18,23). The predicted molar refractivity (Wildman–Crippen MR) is 86.0 cm³/mol. The molecule has 3 aromatic rings. The van der Waals surface area contributed by atoms with E-state index in [-0.39, 0.29) is 11.8 Å². The van der Waals surface area contributed by atoms with Gasteiger partial charge in [-0.25, -0.2) is 0 Å². The Morgan fingerprint density at radius 2 is 2.13 bits per heavy atom. The maximum atomic E-state index is 11.4. The third-order valence-corrected chi connectivity index (χ3v) is 4.35. The molecule has 6 heteroatoms. The third kappa shape index (κ3) is 2.46. The summed E-state index contributed by atoms with van der Waals surface area (Å²) in [6.07, 6.45) is 3.06. The summed E-state index contributed by atoms with van der Waals surface area (Å²) in [6, 6.07) is 10.4. The number of hydrogen-bond acceptors (Lipinski definition) is 4. The van der Waals surface area contributed by atoms with Crippen LogP contribution in [0.25, 0.3) is 16.8 Å². The molecule has 1 aliphatic rings. The molecular formula is C17H17N5O. The minimum Gasteiger partial charge on any atom is -0.355 e. The third-order valence-electron chi connectivity index (χ3n) is 4.35. The summed E-state index contributed by atoms with van der Waals surface area (Å²) in [7, 11) is 0. The number of fused-ring (bicyclic) bond motifs is 1. The first-order valence-electron chi connectivity index (χ1n) is 7.81. The van der Waals surface area contributed by atoms with E-state index < -0.39 is 0 Å². The molecule has 0 spiro atoms. The van der Waals surface area contributed by atoms with Crippen molar-refractivity contribution < 1.29 is 4.79 Å². The van der Waals surface area contributed by atoms with Gasteiger partial charge in [0.05, 0.1) is 5.69 Å². The fraction of sp³-hybridized carbons (Fsp3) is 0.294. The first kappa shape index (κ1) is 13.9. The van der Waals surface area contributed by atoms with Crippen LogP contribution in [0.2, 0.25) is 0 Å².